The van der Waals surface area contributed by atoms with Crippen LogP contribution in [-0.4, -0.2) is 14.2 Å². The largest absolute Gasteiger partial charge is 0.497 e. The van der Waals surface area contributed by atoms with Gasteiger partial charge in [-0.05, 0) is 46.5 Å². The van der Waals surface area contributed by atoms with Crippen molar-refractivity contribution >= 4 is 48.8 Å². The van der Waals surface area contributed by atoms with Gasteiger partial charge < -0.3 is 9.47 Å². The van der Waals surface area contributed by atoms with Gasteiger partial charge in [0.25, 0.3) is 0 Å². The molecule has 0 saturated heterocycles. The number of benzene rings is 4. The van der Waals surface area contributed by atoms with Crippen LogP contribution in [0.1, 0.15) is 28.2 Å². The molecule has 0 aliphatic carbocycles. The third-order valence-corrected chi connectivity index (χ3v) is 18.4. The van der Waals surface area contributed by atoms with Gasteiger partial charge >= 0.3 is 0 Å². The molecule has 2 aliphatic heterocycles. The molecule has 4 aromatic carbocycles. The zero-order valence-electron chi connectivity index (χ0n) is 21.1. The molecule has 4 aromatic rings. The molecule has 0 spiro atoms. The molecule has 190 valence electrons. The summed E-state index contributed by atoms with van der Waals surface area (Å²) in [6, 6.07) is 38.4. The van der Waals surface area contributed by atoms with Crippen molar-refractivity contribution in [1.29, 1.82) is 0 Å². The van der Waals surface area contributed by atoms with Gasteiger partial charge in [0, 0.05) is 15.7 Å². The summed E-state index contributed by atoms with van der Waals surface area (Å²) in [6.07, 6.45) is 4.93. The van der Waals surface area contributed by atoms with Gasteiger partial charge in [-0.1, -0.05) is 132 Å². The lowest BCUT2D eigenvalue weighted by atomic mass is 9.79. The monoisotopic (exact) mass is 570 g/mol. The maximum atomic E-state index is 6.86. The average Bonchev–Trinajstić information content (AvgIpc) is 3.31. The quantitative estimate of drug-likeness (QED) is 0.214. The van der Waals surface area contributed by atoms with Crippen molar-refractivity contribution in [2.45, 2.75) is 11.1 Å². The Balaban J connectivity index is 1.63. The van der Waals surface area contributed by atoms with Crippen LogP contribution >= 0.6 is 27.2 Å². The zero-order valence-corrected chi connectivity index (χ0v) is 24.5. The van der Waals surface area contributed by atoms with E-state index in [1.165, 1.54) is 32.1 Å². The van der Waals surface area contributed by atoms with Gasteiger partial charge in [-0.2, -0.15) is 0 Å². The number of methoxy groups -OCH3 is 2. The minimum atomic E-state index is -2.20. The molecule has 0 saturated carbocycles. The number of ether oxygens (including phenoxy) is 2. The van der Waals surface area contributed by atoms with E-state index in [0.717, 1.165) is 11.5 Å². The first-order valence-corrected chi connectivity index (χ1v) is 18.0. The molecule has 2 heterocycles. The van der Waals surface area contributed by atoms with Crippen molar-refractivity contribution in [3.63, 3.8) is 0 Å². The summed E-state index contributed by atoms with van der Waals surface area (Å²) >= 11 is 10.7. The molecule has 6 rings (SSSR count). The minimum absolute atomic E-state index is 0.0535. The van der Waals surface area contributed by atoms with E-state index in [1.54, 1.807) is 14.2 Å². The lowest BCUT2D eigenvalue weighted by Crippen LogP contribution is -2.29. The van der Waals surface area contributed by atoms with E-state index in [-0.39, 0.29) is 11.1 Å². The molecule has 6 heteroatoms. The third kappa shape index (κ3) is 4.36. The highest BCUT2D eigenvalue weighted by molar-refractivity contribution is 9.04. The van der Waals surface area contributed by atoms with Gasteiger partial charge in [0.15, 0.2) is 0 Å². The molecular formula is C32H27O2PS3. The molecule has 0 aromatic heterocycles. The average molecular weight is 571 g/mol. The second-order valence-corrected chi connectivity index (χ2v) is 20.3. The molecule has 3 unspecified atom stereocenters. The number of fused-ring (bicyclic) bond motifs is 1. The smallest absolute Gasteiger partial charge is 0.118 e. The summed E-state index contributed by atoms with van der Waals surface area (Å²) < 4.78 is 8.82. The van der Waals surface area contributed by atoms with E-state index < -0.39 is 4.44 Å². The van der Waals surface area contributed by atoms with Gasteiger partial charge in [-0.15, -0.1) is 0 Å². The van der Waals surface area contributed by atoms with Gasteiger partial charge in [-0.3, -0.25) is 0 Å². The summed E-state index contributed by atoms with van der Waals surface area (Å²) in [5.74, 6) is 1.75. The molecule has 2 aliphatic rings. The first kappa shape index (κ1) is 25.6. The summed E-state index contributed by atoms with van der Waals surface area (Å²) in [7, 11) is 3.42. The van der Waals surface area contributed by atoms with Crippen LogP contribution in [0.2, 0.25) is 0 Å². The lowest BCUT2D eigenvalue weighted by molar-refractivity contribution is 0.414. The minimum Gasteiger partial charge on any atom is -0.497 e. The molecular weight excluding hydrogens is 544 g/mol. The molecule has 0 radical (unpaired) electrons. The summed E-state index contributed by atoms with van der Waals surface area (Å²) in [5, 5.41) is -0.373. The van der Waals surface area contributed by atoms with Gasteiger partial charge in [-0.25, -0.2) is 0 Å². The molecule has 0 bridgehead atoms. The predicted octanol–water partition coefficient (Wildman–Crippen LogP) is 9.57. The normalized spacial score (nSPS) is 24.2. The Bertz CT molecular complexity index is 1510. The highest BCUT2D eigenvalue weighted by Gasteiger charge is 2.57. The van der Waals surface area contributed by atoms with Gasteiger partial charge in [0.1, 0.15) is 11.5 Å². The van der Waals surface area contributed by atoms with Crippen LogP contribution in [0.5, 0.6) is 11.5 Å². The summed E-state index contributed by atoms with van der Waals surface area (Å²) in [6.45, 7) is 0. The van der Waals surface area contributed by atoms with Crippen molar-refractivity contribution in [3.05, 3.63) is 144 Å². The van der Waals surface area contributed by atoms with Crippen molar-refractivity contribution in [3.8, 4) is 11.5 Å². The Morgan fingerprint density at radius 2 is 1.16 bits per heavy atom. The Kier molecular flexibility index (Phi) is 7.05. The summed E-state index contributed by atoms with van der Waals surface area (Å²) in [4.78, 5) is 2.52. The van der Waals surface area contributed by atoms with E-state index in [9.17, 15) is 0 Å². The number of hydrogen-bond donors (Lipinski definition) is 0. The Morgan fingerprint density at radius 1 is 0.658 bits per heavy atom. The van der Waals surface area contributed by atoms with Gasteiger partial charge in [0.2, 0.25) is 0 Å². The fourth-order valence-corrected chi connectivity index (χ4v) is 17.6. The SMILES string of the molecule is COc1ccc(C2C=C(c3ccccc3)SP3(=S)SC(c4ccccc4)=CC23c2ccc(OC)cc2)cc1. The van der Waals surface area contributed by atoms with Gasteiger partial charge in [0.05, 0.1) is 23.8 Å². The molecule has 0 N–H and O–H groups in total. The second-order valence-electron chi connectivity index (χ2n) is 9.26. The first-order valence-electron chi connectivity index (χ1n) is 12.4. The predicted molar refractivity (Wildman–Crippen MR) is 169 cm³/mol. The van der Waals surface area contributed by atoms with E-state index in [2.05, 4.69) is 121 Å². The Hall–Kier alpha value is -2.69. The van der Waals surface area contributed by atoms with Crippen molar-refractivity contribution in [2.24, 2.45) is 0 Å². The maximum Gasteiger partial charge on any atom is 0.118 e. The number of rotatable bonds is 6. The molecule has 2 nitrogen and oxygen atoms in total. The van der Waals surface area contributed by atoms with Crippen LogP contribution in [0, 0.1) is 0 Å². The van der Waals surface area contributed by atoms with Crippen LogP contribution in [0.15, 0.2) is 121 Å². The van der Waals surface area contributed by atoms with Crippen LogP contribution in [0.4, 0.5) is 0 Å². The van der Waals surface area contributed by atoms with Crippen LogP contribution < -0.4 is 9.47 Å². The van der Waals surface area contributed by atoms with E-state index >= 15 is 0 Å². The van der Waals surface area contributed by atoms with Crippen molar-refractivity contribution in [2.75, 3.05) is 14.2 Å². The fraction of sp³-hybridized carbons (Fsp3) is 0.125. The lowest BCUT2D eigenvalue weighted by Gasteiger charge is -2.46. The second kappa shape index (κ2) is 10.5. The van der Waals surface area contributed by atoms with Crippen molar-refractivity contribution < 1.29 is 9.47 Å². The topological polar surface area (TPSA) is 18.5 Å². The first-order chi connectivity index (χ1) is 18.6. The van der Waals surface area contributed by atoms with Crippen LogP contribution in [0.25, 0.3) is 9.81 Å². The van der Waals surface area contributed by atoms with E-state index in [4.69, 9.17) is 21.3 Å². The van der Waals surface area contributed by atoms with E-state index in [1.807, 2.05) is 22.8 Å². The Labute approximate surface area is 237 Å². The highest BCUT2D eigenvalue weighted by Crippen LogP contribution is 2.92. The van der Waals surface area contributed by atoms with Crippen molar-refractivity contribution in [1.82, 2.24) is 0 Å². The number of hydrogen-bond acceptors (Lipinski definition) is 5. The highest BCUT2D eigenvalue weighted by atomic mass is 33.2. The molecule has 3 atom stereocenters. The third-order valence-electron chi connectivity index (χ3n) is 7.18. The molecule has 38 heavy (non-hydrogen) atoms. The zero-order chi connectivity index (χ0) is 26.2. The summed E-state index contributed by atoms with van der Waals surface area (Å²) in [5.41, 5.74) is 4.91. The fourth-order valence-electron chi connectivity index (χ4n) is 5.23. The van der Waals surface area contributed by atoms with Crippen LogP contribution in [0.3, 0.4) is 0 Å². The maximum absolute atomic E-state index is 6.86. The molecule has 0 fully saturated rings. The van der Waals surface area contributed by atoms with Crippen LogP contribution in [-0.2, 0) is 17.0 Å². The Morgan fingerprint density at radius 3 is 1.71 bits per heavy atom. The van der Waals surface area contributed by atoms with E-state index in [0.29, 0.717) is 0 Å². The number of allylic oxidation sites excluding steroid dienone is 2. The standard InChI is InChI=1S/C32H27O2PS3/c1-33-27-17-13-23(14-18-27)29-21-30(24-9-5-3-6-10-24)37-35(36)32(29,26-15-19-28(34-2)20-16-26)22-31(38-35)25-11-7-4-8-12-25/h3-22,29H,1-2H3. The molecule has 0 amide bonds.